The van der Waals surface area contributed by atoms with E-state index in [1.165, 1.54) is 6.07 Å². The summed E-state index contributed by atoms with van der Waals surface area (Å²) in [5.74, 6) is 0.323. The molecule has 0 radical (unpaired) electrons. The number of halogens is 2. The highest BCUT2D eigenvalue weighted by Gasteiger charge is 2.31. The van der Waals surface area contributed by atoms with Gasteiger partial charge < -0.3 is 29.5 Å². The van der Waals surface area contributed by atoms with Gasteiger partial charge in [0.1, 0.15) is 24.1 Å². The van der Waals surface area contributed by atoms with Crippen LogP contribution in [0.5, 0.6) is 0 Å². The average molecular weight is 557 g/mol. The van der Waals surface area contributed by atoms with Gasteiger partial charge >= 0.3 is 6.09 Å². The molecular weight excluding hydrogens is 522 g/mol. The van der Waals surface area contributed by atoms with E-state index >= 15 is 0 Å². The number of aromatic nitrogens is 3. The highest BCUT2D eigenvalue weighted by Crippen LogP contribution is 2.32. The Morgan fingerprint density at radius 3 is 2.65 bits per heavy atom. The first-order valence-electron chi connectivity index (χ1n) is 13.6. The third-order valence-corrected chi connectivity index (χ3v) is 7.29. The van der Waals surface area contributed by atoms with Gasteiger partial charge in [-0.05, 0) is 69.0 Å². The van der Waals surface area contributed by atoms with Gasteiger partial charge in [0.15, 0.2) is 5.82 Å². The first-order chi connectivity index (χ1) is 19.3. The molecule has 2 saturated heterocycles. The summed E-state index contributed by atoms with van der Waals surface area (Å²) in [5.41, 5.74) is 7.36. The molecule has 5 rings (SSSR count). The molecule has 0 bridgehead atoms. The summed E-state index contributed by atoms with van der Waals surface area (Å²) in [7, 11) is 0. The third kappa shape index (κ3) is 6.56. The van der Waals surface area contributed by atoms with E-state index in [2.05, 4.69) is 15.1 Å². The number of piperidine rings is 2. The first-order valence-corrected chi connectivity index (χ1v) is 13.6. The number of likely N-dealkylation sites (tertiary alicyclic amines) is 1. The van der Waals surface area contributed by atoms with Crippen molar-refractivity contribution in [3.63, 3.8) is 0 Å². The summed E-state index contributed by atoms with van der Waals surface area (Å²) in [5, 5.41) is 4.02. The second-order valence-electron chi connectivity index (χ2n) is 10.5. The number of rotatable bonds is 7. The van der Waals surface area contributed by atoms with Crippen LogP contribution in [0, 0.1) is 11.6 Å². The predicted octanol–water partition coefficient (Wildman–Crippen LogP) is 4.26. The summed E-state index contributed by atoms with van der Waals surface area (Å²) in [6.45, 7) is 6.10. The van der Waals surface area contributed by atoms with Crippen molar-refractivity contribution in [2.75, 3.05) is 31.1 Å². The van der Waals surface area contributed by atoms with Crippen LogP contribution in [0.3, 0.4) is 0 Å². The Hall–Kier alpha value is -3.64. The number of benzene rings is 1. The van der Waals surface area contributed by atoms with E-state index in [0.29, 0.717) is 68.3 Å². The van der Waals surface area contributed by atoms with Crippen molar-refractivity contribution in [1.29, 1.82) is 0 Å². The van der Waals surface area contributed by atoms with E-state index in [1.54, 1.807) is 11.1 Å². The Kier molecular flexibility index (Phi) is 8.55. The summed E-state index contributed by atoms with van der Waals surface area (Å²) in [4.78, 5) is 24.7. The van der Waals surface area contributed by atoms with Crippen molar-refractivity contribution in [1.82, 2.24) is 20.0 Å². The number of carbonyl (C=O) groups is 1. The van der Waals surface area contributed by atoms with Gasteiger partial charge in [-0.3, -0.25) is 0 Å². The second-order valence-corrected chi connectivity index (χ2v) is 10.5. The lowest BCUT2D eigenvalue weighted by Gasteiger charge is -2.37. The van der Waals surface area contributed by atoms with Gasteiger partial charge in [-0.15, -0.1) is 0 Å². The summed E-state index contributed by atoms with van der Waals surface area (Å²) in [6.07, 6.45) is 3.23. The molecule has 0 saturated carbocycles. The number of nitrogens with two attached hydrogens (primary N) is 1. The Labute approximate surface area is 231 Å². The van der Waals surface area contributed by atoms with Crippen LogP contribution in [0.4, 0.5) is 19.4 Å². The molecular formula is C28H34F2N6O4. The van der Waals surface area contributed by atoms with Gasteiger partial charge in [-0.25, -0.2) is 18.6 Å². The summed E-state index contributed by atoms with van der Waals surface area (Å²) < 4.78 is 44.6. The number of pyridine rings is 1. The van der Waals surface area contributed by atoms with E-state index in [1.807, 2.05) is 30.9 Å². The van der Waals surface area contributed by atoms with Crippen LogP contribution in [0.1, 0.15) is 50.4 Å². The Balaban J connectivity index is 1.11. The number of ether oxygens (including phenoxy) is 2. The number of amides is 1. The molecule has 0 unspecified atom stereocenters. The monoisotopic (exact) mass is 556 g/mol. The molecule has 4 heterocycles. The van der Waals surface area contributed by atoms with Crippen LogP contribution in [-0.4, -0.2) is 70.5 Å². The van der Waals surface area contributed by atoms with Crippen LogP contribution in [0.2, 0.25) is 0 Å². The molecule has 2 atom stereocenters. The van der Waals surface area contributed by atoms with Gasteiger partial charge in [-0.2, -0.15) is 4.98 Å². The molecule has 40 heavy (non-hydrogen) atoms. The Morgan fingerprint density at radius 2 is 1.95 bits per heavy atom. The molecule has 10 nitrogen and oxygen atoms in total. The molecule has 1 amide bonds. The smallest absolute Gasteiger partial charge is 0.410 e. The normalized spacial score (nSPS) is 20.2. The number of anilines is 1. The maximum Gasteiger partial charge on any atom is 0.410 e. The van der Waals surface area contributed by atoms with Crippen molar-refractivity contribution in [3.05, 3.63) is 59.6 Å². The molecule has 1 aromatic carbocycles. The van der Waals surface area contributed by atoms with Crippen LogP contribution < -0.4 is 10.6 Å². The molecule has 214 valence electrons. The van der Waals surface area contributed by atoms with Crippen LogP contribution in [0.15, 0.2) is 41.1 Å². The van der Waals surface area contributed by atoms with Crippen molar-refractivity contribution in [2.24, 2.45) is 5.73 Å². The highest BCUT2D eigenvalue weighted by atomic mass is 19.1. The summed E-state index contributed by atoms with van der Waals surface area (Å²) >= 11 is 0. The Morgan fingerprint density at radius 1 is 1.15 bits per heavy atom. The number of carbonyl (C=O) groups excluding carboxylic acids is 1. The lowest BCUT2D eigenvalue weighted by molar-refractivity contribution is -0.00899. The summed E-state index contributed by atoms with van der Waals surface area (Å²) in [6, 6.07) is 6.83. The topological polar surface area (TPSA) is 120 Å². The van der Waals surface area contributed by atoms with E-state index in [-0.39, 0.29) is 36.9 Å². The fraction of sp³-hybridized carbons (Fsp3) is 0.500. The van der Waals surface area contributed by atoms with E-state index in [0.717, 1.165) is 18.0 Å². The van der Waals surface area contributed by atoms with Crippen LogP contribution in [-0.2, 0) is 16.1 Å². The predicted molar refractivity (Wildman–Crippen MR) is 142 cm³/mol. The maximum absolute atomic E-state index is 14.3. The molecule has 0 spiro atoms. The maximum atomic E-state index is 14.3. The van der Waals surface area contributed by atoms with Crippen molar-refractivity contribution < 1.29 is 27.6 Å². The molecule has 2 aliphatic heterocycles. The minimum Gasteiger partial charge on any atom is -0.447 e. The molecule has 2 aromatic heterocycles. The van der Waals surface area contributed by atoms with Crippen LogP contribution in [0.25, 0.3) is 11.5 Å². The zero-order valence-corrected chi connectivity index (χ0v) is 22.6. The van der Waals surface area contributed by atoms with Crippen molar-refractivity contribution in [3.8, 4) is 11.5 Å². The largest absolute Gasteiger partial charge is 0.447 e. The molecule has 12 heteroatoms. The second kappa shape index (κ2) is 12.3. The zero-order valence-electron chi connectivity index (χ0n) is 22.6. The highest BCUT2D eigenvalue weighted by molar-refractivity contribution is 5.67. The quantitative estimate of drug-likeness (QED) is 0.455. The SMILES string of the molecule is CC(C)OC(=O)N1CCC(OCc2noc(-c3ccc(N4CC[C@H](c5cc(F)ccc5F)[C@@H](N)C4)nc3)n2)CC1. The molecule has 2 aliphatic rings. The standard InChI is InChI=1S/C28H34F2N6O4/c1-17(2)39-28(37)35-10-7-20(8-11-35)38-16-25-33-27(40-34-25)18-3-6-26(32-14-18)36-12-9-21(24(31)15-36)22-13-19(29)4-5-23(22)30/h3-6,13-14,17,20-21,24H,7-12,15-16,31H2,1-2H3/t21-,24+/m1/s1. The zero-order chi connectivity index (χ0) is 28.2. The van der Waals surface area contributed by atoms with Crippen molar-refractivity contribution in [2.45, 2.75) is 63.9 Å². The average Bonchev–Trinajstić information content (AvgIpc) is 3.42. The van der Waals surface area contributed by atoms with E-state index in [4.69, 9.17) is 19.7 Å². The molecule has 2 fully saturated rings. The van der Waals surface area contributed by atoms with Gasteiger partial charge in [0.25, 0.3) is 5.89 Å². The first kappa shape index (κ1) is 27.9. The lowest BCUT2D eigenvalue weighted by Crippen LogP contribution is -2.48. The molecule has 0 aliphatic carbocycles. The van der Waals surface area contributed by atoms with Gasteiger partial charge in [0.2, 0.25) is 0 Å². The van der Waals surface area contributed by atoms with Gasteiger partial charge in [0, 0.05) is 44.3 Å². The Bertz CT molecular complexity index is 1300. The lowest BCUT2D eigenvalue weighted by atomic mass is 9.85. The molecule has 3 aromatic rings. The van der Waals surface area contributed by atoms with Crippen molar-refractivity contribution >= 4 is 11.9 Å². The van der Waals surface area contributed by atoms with Gasteiger partial charge in [-0.1, -0.05) is 5.16 Å². The number of hydrogen-bond acceptors (Lipinski definition) is 9. The minimum absolute atomic E-state index is 0.00100. The molecule has 2 N–H and O–H groups in total. The van der Waals surface area contributed by atoms with E-state index < -0.39 is 11.6 Å². The number of hydrogen-bond donors (Lipinski definition) is 1. The fourth-order valence-corrected chi connectivity index (χ4v) is 5.18. The third-order valence-electron chi connectivity index (χ3n) is 7.29. The van der Waals surface area contributed by atoms with Crippen LogP contribution >= 0.6 is 0 Å². The van der Waals surface area contributed by atoms with E-state index in [9.17, 15) is 13.6 Å². The fourth-order valence-electron chi connectivity index (χ4n) is 5.18. The van der Waals surface area contributed by atoms with Gasteiger partial charge in [0.05, 0.1) is 17.8 Å². The minimum atomic E-state index is -0.467. The number of nitrogens with zero attached hydrogens (tertiary/aromatic N) is 5.